The maximum Gasteiger partial charge on any atom is 0.241 e. The predicted octanol–water partition coefficient (Wildman–Crippen LogP) is 1.79. The first-order valence-corrected chi connectivity index (χ1v) is 7.24. The molecule has 1 amide bonds. The molecule has 0 aliphatic carbocycles. The Kier molecular flexibility index (Phi) is 5.51. The van der Waals surface area contributed by atoms with Gasteiger partial charge in [0.25, 0.3) is 0 Å². The van der Waals surface area contributed by atoms with Crippen molar-refractivity contribution >= 4 is 5.91 Å². The number of imidazole rings is 1. The van der Waals surface area contributed by atoms with Gasteiger partial charge in [0.15, 0.2) is 0 Å². The normalized spacial score (nSPS) is 12.1. The van der Waals surface area contributed by atoms with Crippen molar-refractivity contribution in [2.45, 2.75) is 32.4 Å². The molecule has 21 heavy (non-hydrogen) atoms. The Morgan fingerprint density at radius 3 is 2.76 bits per heavy atom. The van der Waals surface area contributed by atoms with E-state index >= 15 is 0 Å². The van der Waals surface area contributed by atoms with Crippen molar-refractivity contribution in [3.8, 4) is 0 Å². The number of hydrogen-bond donors (Lipinski definition) is 2. The van der Waals surface area contributed by atoms with Crippen LogP contribution in [0.15, 0.2) is 42.7 Å². The number of carbonyl (C=O) groups is 1. The number of nitrogens with zero attached hydrogens (tertiary/aromatic N) is 2. The van der Waals surface area contributed by atoms with Gasteiger partial charge >= 0.3 is 0 Å². The molecule has 0 bridgehead atoms. The van der Waals surface area contributed by atoms with Gasteiger partial charge < -0.3 is 15.6 Å². The molecule has 1 aromatic heterocycles. The predicted molar refractivity (Wildman–Crippen MR) is 82.6 cm³/mol. The summed E-state index contributed by atoms with van der Waals surface area (Å²) in [6.07, 6.45) is 5.69. The second-order valence-electron chi connectivity index (χ2n) is 5.05. The van der Waals surface area contributed by atoms with Gasteiger partial charge in [-0.2, -0.15) is 0 Å². The number of nitrogens with one attached hydrogen (secondary N) is 1. The SMILES string of the molecule is Cc1nccn1CCCCNC(=O)C(N)c1ccccc1. The topological polar surface area (TPSA) is 72.9 Å². The fraction of sp³-hybridized carbons (Fsp3) is 0.375. The van der Waals surface area contributed by atoms with Crippen molar-refractivity contribution in [2.75, 3.05) is 6.54 Å². The van der Waals surface area contributed by atoms with Crippen molar-refractivity contribution in [3.63, 3.8) is 0 Å². The minimum absolute atomic E-state index is 0.125. The molecule has 1 heterocycles. The van der Waals surface area contributed by atoms with Crippen molar-refractivity contribution in [3.05, 3.63) is 54.1 Å². The number of aromatic nitrogens is 2. The molecule has 1 unspecified atom stereocenters. The number of unbranched alkanes of at least 4 members (excludes halogenated alkanes) is 1. The first kappa shape index (κ1) is 15.3. The minimum Gasteiger partial charge on any atom is -0.354 e. The van der Waals surface area contributed by atoms with Crippen molar-refractivity contribution in [2.24, 2.45) is 5.73 Å². The second-order valence-corrected chi connectivity index (χ2v) is 5.05. The molecule has 112 valence electrons. The molecule has 0 saturated heterocycles. The van der Waals surface area contributed by atoms with Crippen LogP contribution in [0.2, 0.25) is 0 Å². The van der Waals surface area contributed by atoms with E-state index in [0.717, 1.165) is 30.8 Å². The Balaban J connectivity index is 1.66. The zero-order valence-electron chi connectivity index (χ0n) is 12.3. The lowest BCUT2D eigenvalue weighted by atomic mass is 10.1. The van der Waals surface area contributed by atoms with Crippen molar-refractivity contribution in [1.82, 2.24) is 14.9 Å². The van der Waals surface area contributed by atoms with E-state index in [0.29, 0.717) is 6.54 Å². The van der Waals surface area contributed by atoms with Gasteiger partial charge in [0, 0.05) is 25.5 Å². The molecule has 5 nitrogen and oxygen atoms in total. The average Bonchev–Trinajstić information content (AvgIpc) is 2.92. The molecule has 1 aromatic carbocycles. The fourth-order valence-corrected chi connectivity index (χ4v) is 2.18. The lowest BCUT2D eigenvalue weighted by Crippen LogP contribution is -2.34. The molecule has 1 atom stereocenters. The first-order valence-electron chi connectivity index (χ1n) is 7.24. The summed E-state index contributed by atoms with van der Waals surface area (Å²) in [5, 5.41) is 2.89. The van der Waals surface area contributed by atoms with E-state index in [9.17, 15) is 4.79 Å². The summed E-state index contributed by atoms with van der Waals surface area (Å²) >= 11 is 0. The van der Waals surface area contributed by atoms with Crippen LogP contribution in [0.3, 0.4) is 0 Å². The highest BCUT2D eigenvalue weighted by Crippen LogP contribution is 2.09. The maximum atomic E-state index is 11.9. The van der Waals surface area contributed by atoms with E-state index in [4.69, 9.17) is 5.73 Å². The van der Waals surface area contributed by atoms with E-state index in [1.54, 1.807) is 6.20 Å². The zero-order chi connectivity index (χ0) is 15.1. The van der Waals surface area contributed by atoms with Crippen LogP contribution in [-0.2, 0) is 11.3 Å². The van der Waals surface area contributed by atoms with Crippen LogP contribution in [0.25, 0.3) is 0 Å². The third-order valence-electron chi connectivity index (χ3n) is 3.49. The molecule has 0 aliphatic rings. The van der Waals surface area contributed by atoms with Gasteiger partial charge in [0.2, 0.25) is 5.91 Å². The molecular weight excluding hydrogens is 264 g/mol. The van der Waals surface area contributed by atoms with E-state index in [2.05, 4.69) is 14.9 Å². The number of rotatable bonds is 7. The molecule has 2 aromatic rings. The lowest BCUT2D eigenvalue weighted by molar-refractivity contribution is -0.122. The summed E-state index contributed by atoms with van der Waals surface area (Å²) < 4.78 is 2.11. The lowest BCUT2D eigenvalue weighted by Gasteiger charge is -2.12. The first-order chi connectivity index (χ1) is 10.2. The van der Waals surface area contributed by atoms with Crippen LogP contribution in [0.5, 0.6) is 0 Å². The molecule has 2 rings (SSSR count). The Morgan fingerprint density at radius 1 is 1.33 bits per heavy atom. The molecule has 0 spiro atoms. The molecule has 0 fully saturated rings. The van der Waals surface area contributed by atoms with E-state index in [-0.39, 0.29) is 5.91 Å². The Morgan fingerprint density at radius 2 is 2.10 bits per heavy atom. The van der Waals surface area contributed by atoms with Gasteiger partial charge in [-0.15, -0.1) is 0 Å². The summed E-state index contributed by atoms with van der Waals surface area (Å²) in [6.45, 7) is 3.56. The smallest absolute Gasteiger partial charge is 0.241 e. The van der Waals surface area contributed by atoms with Crippen LogP contribution >= 0.6 is 0 Å². The maximum absolute atomic E-state index is 11.9. The quantitative estimate of drug-likeness (QED) is 0.762. The summed E-state index contributed by atoms with van der Waals surface area (Å²) in [6, 6.07) is 8.82. The highest BCUT2D eigenvalue weighted by Gasteiger charge is 2.14. The van der Waals surface area contributed by atoms with E-state index in [1.165, 1.54) is 0 Å². The average molecular weight is 286 g/mol. The summed E-state index contributed by atoms with van der Waals surface area (Å²) in [4.78, 5) is 16.1. The summed E-state index contributed by atoms with van der Waals surface area (Å²) in [5.74, 6) is 0.894. The fourth-order valence-electron chi connectivity index (χ4n) is 2.18. The Labute approximate surface area is 125 Å². The summed E-state index contributed by atoms with van der Waals surface area (Å²) in [7, 11) is 0. The molecular formula is C16H22N4O. The molecule has 0 aliphatic heterocycles. The molecule has 0 radical (unpaired) electrons. The minimum atomic E-state index is -0.595. The Hall–Kier alpha value is -2.14. The molecule has 3 N–H and O–H groups in total. The van der Waals surface area contributed by atoms with Crippen molar-refractivity contribution in [1.29, 1.82) is 0 Å². The highest BCUT2D eigenvalue weighted by atomic mass is 16.2. The van der Waals surface area contributed by atoms with E-state index < -0.39 is 6.04 Å². The zero-order valence-corrected chi connectivity index (χ0v) is 12.3. The highest BCUT2D eigenvalue weighted by molar-refractivity contribution is 5.82. The van der Waals surface area contributed by atoms with Gasteiger partial charge in [-0.3, -0.25) is 4.79 Å². The largest absolute Gasteiger partial charge is 0.354 e. The van der Waals surface area contributed by atoms with Gasteiger partial charge in [0.05, 0.1) is 0 Å². The summed E-state index contributed by atoms with van der Waals surface area (Å²) in [5.41, 5.74) is 6.76. The van der Waals surface area contributed by atoms with Crippen LogP contribution in [0.4, 0.5) is 0 Å². The van der Waals surface area contributed by atoms with Gasteiger partial charge in [0.1, 0.15) is 11.9 Å². The number of aryl methyl sites for hydroxylation is 2. The number of hydrogen-bond acceptors (Lipinski definition) is 3. The van der Waals surface area contributed by atoms with E-state index in [1.807, 2.05) is 43.5 Å². The second kappa shape index (κ2) is 7.59. The van der Waals surface area contributed by atoms with Crippen LogP contribution in [0, 0.1) is 6.92 Å². The standard InChI is InChI=1S/C16H22N4O/c1-13-18-10-12-20(13)11-6-5-9-19-16(21)15(17)14-7-3-2-4-8-14/h2-4,7-8,10,12,15H,5-6,9,11,17H2,1H3,(H,19,21). The van der Waals surface area contributed by atoms with Crippen LogP contribution in [0.1, 0.15) is 30.3 Å². The van der Waals surface area contributed by atoms with Crippen LogP contribution in [-0.4, -0.2) is 22.0 Å². The number of amides is 1. The third-order valence-corrected chi connectivity index (χ3v) is 3.49. The van der Waals surface area contributed by atoms with Gasteiger partial charge in [-0.1, -0.05) is 30.3 Å². The Bertz CT molecular complexity index is 565. The van der Waals surface area contributed by atoms with Gasteiger partial charge in [-0.25, -0.2) is 4.98 Å². The monoisotopic (exact) mass is 286 g/mol. The third kappa shape index (κ3) is 4.43. The van der Waals surface area contributed by atoms with Crippen LogP contribution < -0.4 is 11.1 Å². The molecule has 0 saturated carbocycles. The number of benzene rings is 1. The van der Waals surface area contributed by atoms with Crippen molar-refractivity contribution < 1.29 is 4.79 Å². The number of carbonyl (C=O) groups excluding carboxylic acids is 1. The number of nitrogens with two attached hydrogens (primary N) is 1. The molecule has 5 heteroatoms. The van der Waals surface area contributed by atoms with Gasteiger partial charge in [-0.05, 0) is 25.3 Å².